The van der Waals surface area contributed by atoms with E-state index in [1.807, 2.05) is 6.92 Å². The average Bonchev–Trinajstić information content (AvgIpc) is 3.31. The normalized spacial score (nSPS) is 15.1. The summed E-state index contributed by atoms with van der Waals surface area (Å²) < 4.78 is 0. The van der Waals surface area contributed by atoms with Crippen LogP contribution in [-0.4, -0.2) is 162 Å². The molecule has 0 saturated heterocycles. The molecule has 24 N–H and O–H groups in total. The number of carbonyl (C=O) groups excluding carboxylic acids is 8. The fourth-order valence-corrected chi connectivity index (χ4v) is 6.84. The van der Waals surface area contributed by atoms with Crippen molar-refractivity contribution in [1.82, 2.24) is 42.5 Å². The van der Waals surface area contributed by atoms with E-state index >= 15 is 0 Å². The third-order valence-corrected chi connectivity index (χ3v) is 11.3. The van der Waals surface area contributed by atoms with Gasteiger partial charge in [0.25, 0.3) is 0 Å². The standard InChI is InChI=1S/C45H86N18O11/c1-9-24(6)33(46)41(72)60-29(15-12-18-55-45(51)52)37(68)63-32(21-64)40(71)62-31(20-23(4)5)39(70)58-27(13-10-16-53-43(47)48)35(66)56-25(7)34(65)61-30(19-22(2)3)38(69)59-28(14-11-17-54-44(49)50)36(67)57-26(8)42(73)74/h22-33,64H,9-21,46H2,1-8H3,(H,56,66)(H,57,67)(H,58,70)(H,59,69)(H,60,72)(H,61,65)(H,62,71)(H,63,68)(H,73,74)(H4,47,48,53)(H4,49,50,54)(H4,51,52,55)/t24-,25-,26-,27-,28-,29-,30-,31-,32-,33-/m0/s1. The molecule has 0 spiro atoms. The smallest absolute Gasteiger partial charge is 0.325 e. The summed E-state index contributed by atoms with van der Waals surface area (Å²) in [5.41, 5.74) is 38.7. The zero-order chi connectivity index (χ0) is 56.8. The molecule has 0 radical (unpaired) electrons. The van der Waals surface area contributed by atoms with Crippen molar-refractivity contribution < 1.29 is 53.4 Å². The molecule has 0 aromatic carbocycles. The number of guanidine groups is 3. The van der Waals surface area contributed by atoms with Crippen LogP contribution in [0.5, 0.6) is 0 Å². The minimum absolute atomic E-state index is 0.00822. The van der Waals surface area contributed by atoms with Gasteiger partial charge in [-0.25, -0.2) is 0 Å². The first-order chi connectivity index (χ1) is 34.5. The van der Waals surface area contributed by atoms with Crippen LogP contribution >= 0.6 is 0 Å². The van der Waals surface area contributed by atoms with Gasteiger partial charge in [-0.3, -0.25) is 58.1 Å². The SMILES string of the molecule is CC[C@H](C)[C@H](N)C(=O)N[C@@H](CCCN=C(N)N)C(=O)N[C@@H](CO)C(=O)N[C@@H](CC(C)C)C(=O)N[C@@H](CCCN=C(N)N)C(=O)N[C@@H](C)C(=O)N[C@@H](CC(C)C)C(=O)N[C@@H](CCCN=C(N)N)C(=O)N[C@@H](C)C(=O)O. The minimum Gasteiger partial charge on any atom is -0.480 e. The van der Waals surface area contributed by atoms with Crippen molar-refractivity contribution in [1.29, 1.82) is 0 Å². The number of amides is 8. The third kappa shape index (κ3) is 27.7. The average molecular weight is 1060 g/mol. The van der Waals surface area contributed by atoms with Crippen molar-refractivity contribution in [3.8, 4) is 0 Å². The molecule has 29 nitrogen and oxygen atoms in total. The van der Waals surface area contributed by atoms with Crippen LogP contribution in [0.25, 0.3) is 0 Å². The predicted molar refractivity (Wildman–Crippen MR) is 278 cm³/mol. The van der Waals surface area contributed by atoms with E-state index < -0.39 is 114 Å². The molecule has 0 aliphatic carbocycles. The molecule has 0 aromatic heterocycles. The topological polar surface area (TPSA) is 510 Å². The van der Waals surface area contributed by atoms with Gasteiger partial charge in [-0.2, -0.15) is 0 Å². The number of aliphatic carboxylic acids is 1. The van der Waals surface area contributed by atoms with Crippen LogP contribution < -0.4 is 82.7 Å². The highest BCUT2D eigenvalue weighted by Crippen LogP contribution is 2.12. The van der Waals surface area contributed by atoms with E-state index in [4.69, 9.17) is 40.1 Å². The van der Waals surface area contributed by atoms with E-state index in [0.29, 0.717) is 6.42 Å². The number of carboxylic acids is 1. The lowest BCUT2D eigenvalue weighted by Gasteiger charge is -2.28. The Hall–Kier alpha value is -7.04. The number of hydrogen-bond donors (Lipinski definition) is 17. The Bertz CT molecular complexity index is 1940. The Morgan fingerprint density at radius 2 is 0.730 bits per heavy atom. The molecule has 0 heterocycles. The molecule has 0 fully saturated rings. The summed E-state index contributed by atoms with van der Waals surface area (Å²) >= 11 is 0. The van der Waals surface area contributed by atoms with E-state index in [0.717, 1.165) is 0 Å². The number of rotatable bonds is 36. The van der Waals surface area contributed by atoms with Crippen LogP contribution in [0.1, 0.15) is 113 Å². The molecule has 0 aliphatic heterocycles. The summed E-state index contributed by atoms with van der Waals surface area (Å²) in [4.78, 5) is 132. The van der Waals surface area contributed by atoms with Gasteiger partial charge in [0.15, 0.2) is 17.9 Å². The Morgan fingerprint density at radius 3 is 1.07 bits per heavy atom. The fraction of sp³-hybridized carbons (Fsp3) is 0.733. The number of aliphatic hydroxyl groups is 1. The van der Waals surface area contributed by atoms with Gasteiger partial charge >= 0.3 is 5.97 Å². The molecule has 422 valence electrons. The van der Waals surface area contributed by atoms with E-state index in [2.05, 4.69) is 57.5 Å². The van der Waals surface area contributed by atoms with Gasteiger partial charge < -0.3 is 92.9 Å². The first-order valence-corrected chi connectivity index (χ1v) is 24.7. The zero-order valence-electron chi connectivity index (χ0n) is 44.1. The first kappa shape index (κ1) is 67.0. The number of nitrogens with one attached hydrogen (secondary N) is 8. The molecule has 0 bridgehead atoms. The highest BCUT2D eigenvalue weighted by molar-refractivity contribution is 5.98. The summed E-state index contributed by atoms with van der Waals surface area (Å²) in [5, 5.41) is 39.8. The van der Waals surface area contributed by atoms with Gasteiger partial charge in [0.05, 0.1) is 12.6 Å². The van der Waals surface area contributed by atoms with Crippen LogP contribution in [0.4, 0.5) is 0 Å². The Morgan fingerprint density at radius 1 is 0.432 bits per heavy atom. The number of carbonyl (C=O) groups is 9. The van der Waals surface area contributed by atoms with Gasteiger partial charge in [0, 0.05) is 19.6 Å². The molecule has 8 amide bonds. The van der Waals surface area contributed by atoms with Crippen LogP contribution in [0.15, 0.2) is 15.0 Å². The Kier molecular flexibility index (Phi) is 31.8. The molecule has 10 atom stereocenters. The highest BCUT2D eigenvalue weighted by atomic mass is 16.4. The lowest BCUT2D eigenvalue weighted by atomic mass is 9.98. The van der Waals surface area contributed by atoms with Crippen molar-refractivity contribution in [3.05, 3.63) is 0 Å². The molecule has 0 aliphatic rings. The summed E-state index contributed by atoms with van der Waals surface area (Å²) in [6.07, 6.45) is 1.17. The van der Waals surface area contributed by atoms with Crippen LogP contribution in [0.3, 0.4) is 0 Å². The van der Waals surface area contributed by atoms with E-state index in [9.17, 15) is 53.4 Å². The van der Waals surface area contributed by atoms with Gasteiger partial charge in [0.1, 0.15) is 48.3 Å². The van der Waals surface area contributed by atoms with Crippen molar-refractivity contribution in [2.75, 3.05) is 26.2 Å². The minimum atomic E-state index is -1.62. The van der Waals surface area contributed by atoms with Gasteiger partial charge in [-0.15, -0.1) is 0 Å². The lowest BCUT2D eigenvalue weighted by Crippen LogP contribution is -2.60. The number of hydrogen-bond acceptors (Lipinski definition) is 14. The van der Waals surface area contributed by atoms with E-state index in [1.54, 1.807) is 34.6 Å². The number of nitrogens with zero attached hydrogens (tertiary/aromatic N) is 3. The van der Waals surface area contributed by atoms with Crippen molar-refractivity contribution in [3.63, 3.8) is 0 Å². The number of aliphatic imine (C=N–C) groups is 3. The maximum Gasteiger partial charge on any atom is 0.325 e. The maximum atomic E-state index is 14.0. The summed E-state index contributed by atoms with van der Waals surface area (Å²) in [5.74, 6) is -9.13. The number of carboxylic acid groups (broad SMARTS) is 1. The second kappa shape index (κ2) is 35.2. The van der Waals surface area contributed by atoms with Crippen molar-refractivity contribution in [2.45, 2.75) is 168 Å². The molecule has 74 heavy (non-hydrogen) atoms. The Balaban J connectivity index is 6.50. The lowest BCUT2D eigenvalue weighted by molar-refractivity contribution is -0.142. The summed E-state index contributed by atoms with van der Waals surface area (Å²) in [7, 11) is 0. The van der Waals surface area contributed by atoms with Crippen molar-refractivity contribution in [2.24, 2.45) is 72.9 Å². The van der Waals surface area contributed by atoms with Gasteiger partial charge in [-0.05, 0) is 83.0 Å². The first-order valence-electron chi connectivity index (χ1n) is 24.7. The van der Waals surface area contributed by atoms with Crippen LogP contribution in [0.2, 0.25) is 0 Å². The molecule has 0 rings (SSSR count). The van der Waals surface area contributed by atoms with Crippen LogP contribution in [0, 0.1) is 17.8 Å². The second-order valence-electron chi connectivity index (χ2n) is 18.9. The van der Waals surface area contributed by atoms with Gasteiger partial charge in [0.2, 0.25) is 47.3 Å². The van der Waals surface area contributed by atoms with Crippen molar-refractivity contribution >= 4 is 71.1 Å². The quantitative estimate of drug-likeness (QED) is 0.0158. The number of nitrogens with two attached hydrogens (primary N) is 7. The zero-order valence-corrected chi connectivity index (χ0v) is 44.1. The molecule has 29 heteroatoms. The van der Waals surface area contributed by atoms with Gasteiger partial charge in [-0.1, -0.05) is 48.0 Å². The largest absolute Gasteiger partial charge is 0.480 e. The predicted octanol–water partition coefficient (Wildman–Crippen LogP) is -5.39. The molecule has 0 aromatic rings. The fourth-order valence-electron chi connectivity index (χ4n) is 6.84. The summed E-state index contributed by atoms with van der Waals surface area (Å²) in [6.45, 7) is 12.6. The third-order valence-electron chi connectivity index (χ3n) is 11.3. The highest BCUT2D eigenvalue weighted by Gasteiger charge is 2.34. The molecule has 0 saturated carbocycles. The molecule has 0 unspecified atom stereocenters. The van der Waals surface area contributed by atoms with E-state index in [1.165, 1.54) is 13.8 Å². The van der Waals surface area contributed by atoms with E-state index in [-0.39, 0.29) is 107 Å². The second-order valence-corrected chi connectivity index (χ2v) is 18.9. The summed E-state index contributed by atoms with van der Waals surface area (Å²) in [6, 6.07) is -11.6. The van der Waals surface area contributed by atoms with Crippen LogP contribution in [-0.2, 0) is 43.2 Å². The molecular formula is C45H86N18O11. The molecular weight excluding hydrogens is 969 g/mol. The number of aliphatic hydroxyl groups excluding tert-OH is 1. The monoisotopic (exact) mass is 1050 g/mol. The maximum absolute atomic E-state index is 14.0. The Labute approximate surface area is 432 Å².